The third kappa shape index (κ3) is 4.49. The maximum Gasteiger partial charge on any atom is 0.327 e. The summed E-state index contributed by atoms with van der Waals surface area (Å²) < 4.78 is 5.50. The summed E-state index contributed by atoms with van der Waals surface area (Å²) in [7, 11) is 0. The van der Waals surface area contributed by atoms with E-state index in [9.17, 15) is 4.79 Å². The topological polar surface area (TPSA) is 46.5 Å². The largest absolute Gasteiger partial charge is 0.493 e. The van der Waals surface area contributed by atoms with Gasteiger partial charge in [0.05, 0.1) is 6.61 Å². The van der Waals surface area contributed by atoms with E-state index in [0.29, 0.717) is 13.0 Å². The van der Waals surface area contributed by atoms with E-state index in [1.807, 2.05) is 26.0 Å². The molecule has 0 amide bonds. The lowest BCUT2D eigenvalue weighted by atomic mass is 10.1. The monoisotopic (exact) mass is 254 g/mol. The Bertz CT molecular complexity index is 415. The molecule has 1 N–H and O–H groups in total. The first-order valence-electron chi connectivity index (χ1n) is 5.29. The molecule has 0 saturated carbocycles. The fourth-order valence-electron chi connectivity index (χ4n) is 1.42. The van der Waals surface area contributed by atoms with E-state index >= 15 is 0 Å². The van der Waals surface area contributed by atoms with Gasteiger partial charge in [-0.2, -0.15) is 0 Å². The van der Waals surface area contributed by atoms with Gasteiger partial charge in [-0.05, 0) is 43.5 Å². The molecule has 92 valence electrons. The fourth-order valence-corrected chi connectivity index (χ4v) is 1.53. The maximum atomic E-state index is 10.2. The molecule has 0 aliphatic carbocycles. The first-order chi connectivity index (χ1) is 8.00. The highest BCUT2D eigenvalue weighted by atomic mass is 35.5. The van der Waals surface area contributed by atoms with Gasteiger partial charge in [0, 0.05) is 11.1 Å². The molecule has 0 unspecified atom stereocenters. The molecule has 0 heterocycles. The molecule has 0 bridgehead atoms. The molecule has 17 heavy (non-hydrogen) atoms. The van der Waals surface area contributed by atoms with Crippen LogP contribution in [-0.4, -0.2) is 17.7 Å². The number of ether oxygens (including phenoxy) is 1. The lowest BCUT2D eigenvalue weighted by molar-refractivity contribution is -0.131. The number of carboxylic acid groups (broad SMARTS) is 1. The van der Waals surface area contributed by atoms with Crippen LogP contribution < -0.4 is 4.74 Å². The second-order valence-corrected chi connectivity index (χ2v) is 4.13. The molecule has 0 aliphatic rings. The lowest BCUT2D eigenvalue weighted by Crippen LogP contribution is -1.97. The number of hydrogen-bond acceptors (Lipinski definition) is 2. The SMILES string of the molecule is Cc1cc(OCC/C=C/C(=O)O)cc(C)c1Cl. The van der Waals surface area contributed by atoms with Gasteiger partial charge in [-0.1, -0.05) is 17.7 Å². The second-order valence-electron chi connectivity index (χ2n) is 3.75. The zero-order valence-corrected chi connectivity index (χ0v) is 10.6. The highest BCUT2D eigenvalue weighted by Gasteiger charge is 2.02. The van der Waals surface area contributed by atoms with Crippen molar-refractivity contribution >= 4 is 17.6 Å². The predicted octanol–water partition coefficient (Wildman–Crippen LogP) is 3.37. The van der Waals surface area contributed by atoms with E-state index in [1.165, 1.54) is 0 Å². The van der Waals surface area contributed by atoms with Crippen molar-refractivity contribution < 1.29 is 14.6 Å². The molecule has 4 heteroatoms. The molecule has 0 atom stereocenters. The van der Waals surface area contributed by atoms with Crippen molar-refractivity contribution in [2.24, 2.45) is 0 Å². The highest BCUT2D eigenvalue weighted by molar-refractivity contribution is 6.32. The molecule has 0 saturated heterocycles. The summed E-state index contributed by atoms with van der Waals surface area (Å²) in [6.45, 7) is 4.29. The Labute approximate surface area is 106 Å². The Kier molecular flexibility index (Phi) is 5.04. The van der Waals surface area contributed by atoms with Crippen molar-refractivity contribution in [3.8, 4) is 5.75 Å². The third-order valence-corrected chi connectivity index (χ3v) is 2.82. The van der Waals surface area contributed by atoms with Gasteiger partial charge in [0.2, 0.25) is 0 Å². The number of benzene rings is 1. The maximum absolute atomic E-state index is 10.2. The Morgan fingerprint density at radius 1 is 1.41 bits per heavy atom. The first-order valence-corrected chi connectivity index (χ1v) is 5.67. The van der Waals surface area contributed by atoms with Crippen molar-refractivity contribution in [2.75, 3.05) is 6.61 Å². The third-order valence-electron chi connectivity index (χ3n) is 2.22. The molecule has 0 radical (unpaired) electrons. The van der Waals surface area contributed by atoms with Gasteiger partial charge in [0.15, 0.2) is 0 Å². The van der Waals surface area contributed by atoms with Crippen LogP contribution in [0, 0.1) is 13.8 Å². The van der Waals surface area contributed by atoms with E-state index in [1.54, 1.807) is 6.08 Å². The molecule has 0 spiro atoms. The second kappa shape index (κ2) is 6.30. The van der Waals surface area contributed by atoms with Crippen LogP contribution in [0.5, 0.6) is 5.75 Å². The van der Waals surface area contributed by atoms with Gasteiger partial charge >= 0.3 is 5.97 Å². The summed E-state index contributed by atoms with van der Waals surface area (Å²) in [6.07, 6.45) is 3.24. The number of carbonyl (C=O) groups is 1. The summed E-state index contributed by atoms with van der Waals surface area (Å²) in [5.74, 6) is -0.184. The molecular weight excluding hydrogens is 240 g/mol. The summed E-state index contributed by atoms with van der Waals surface area (Å²) in [4.78, 5) is 10.2. The lowest BCUT2D eigenvalue weighted by Gasteiger charge is -2.08. The normalized spacial score (nSPS) is 10.8. The standard InChI is InChI=1S/C13H15ClO3/c1-9-7-11(8-10(2)13(9)14)17-6-4-3-5-12(15)16/h3,5,7-8H,4,6H2,1-2H3,(H,15,16)/b5-3+. The van der Waals surface area contributed by atoms with Crippen molar-refractivity contribution in [3.05, 3.63) is 40.4 Å². The summed E-state index contributed by atoms with van der Waals surface area (Å²) in [5, 5.41) is 9.14. The van der Waals surface area contributed by atoms with Crippen LogP contribution in [0.25, 0.3) is 0 Å². The Hall–Kier alpha value is -1.48. The van der Waals surface area contributed by atoms with Crippen molar-refractivity contribution in [3.63, 3.8) is 0 Å². The highest BCUT2D eigenvalue weighted by Crippen LogP contribution is 2.25. The van der Waals surface area contributed by atoms with Crippen LogP contribution in [0.1, 0.15) is 17.5 Å². The van der Waals surface area contributed by atoms with Crippen LogP contribution in [0.15, 0.2) is 24.3 Å². The van der Waals surface area contributed by atoms with E-state index in [-0.39, 0.29) is 0 Å². The van der Waals surface area contributed by atoms with Crippen molar-refractivity contribution in [1.82, 2.24) is 0 Å². The summed E-state index contributed by atoms with van der Waals surface area (Å²) >= 11 is 6.04. The minimum absolute atomic E-state index is 0.449. The number of carboxylic acids is 1. The van der Waals surface area contributed by atoms with Gasteiger partial charge in [0.1, 0.15) is 5.75 Å². The molecule has 3 nitrogen and oxygen atoms in total. The zero-order valence-electron chi connectivity index (χ0n) is 9.87. The van der Waals surface area contributed by atoms with Crippen LogP contribution >= 0.6 is 11.6 Å². The smallest absolute Gasteiger partial charge is 0.327 e. The minimum atomic E-state index is -0.941. The number of hydrogen-bond donors (Lipinski definition) is 1. The summed E-state index contributed by atoms with van der Waals surface area (Å²) in [5.41, 5.74) is 1.95. The van der Waals surface area contributed by atoms with Crippen molar-refractivity contribution in [1.29, 1.82) is 0 Å². The van der Waals surface area contributed by atoms with Crippen LogP contribution in [0.2, 0.25) is 5.02 Å². The van der Waals surface area contributed by atoms with E-state index in [4.69, 9.17) is 21.4 Å². The van der Waals surface area contributed by atoms with Gasteiger partial charge in [-0.25, -0.2) is 4.79 Å². The summed E-state index contributed by atoms with van der Waals surface area (Å²) in [6, 6.07) is 3.74. The number of rotatable bonds is 5. The van der Waals surface area contributed by atoms with E-state index in [0.717, 1.165) is 28.0 Å². The van der Waals surface area contributed by atoms with Crippen molar-refractivity contribution in [2.45, 2.75) is 20.3 Å². The average Bonchev–Trinajstić information content (AvgIpc) is 2.25. The number of halogens is 1. The number of aliphatic carboxylic acids is 1. The fraction of sp³-hybridized carbons (Fsp3) is 0.308. The molecule has 1 rings (SSSR count). The van der Waals surface area contributed by atoms with Gasteiger partial charge in [-0.15, -0.1) is 0 Å². The van der Waals surface area contributed by atoms with Crippen LogP contribution in [0.4, 0.5) is 0 Å². The minimum Gasteiger partial charge on any atom is -0.493 e. The Morgan fingerprint density at radius 3 is 2.53 bits per heavy atom. The Morgan fingerprint density at radius 2 is 2.00 bits per heavy atom. The van der Waals surface area contributed by atoms with Gasteiger partial charge in [-0.3, -0.25) is 0 Å². The van der Waals surface area contributed by atoms with Gasteiger partial charge in [0.25, 0.3) is 0 Å². The first kappa shape index (κ1) is 13.6. The molecule has 1 aromatic rings. The molecule has 1 aromatic carbocycles. The molecular formula is C13H15ClO3. The van der Waals surface area contributed by atoms with Crippen LogP contribution in [-0.2, 0) is 4.79 Å². The zero-order chi connectivity index (χ0) is 12.8. The Balaban J connectivity index is 2.50. The molecule has 0 aliphatic heterocycles. The van der Waals surface area contributed by atoms with Crippen LogP contribution in [0.3, 0.4) is 0 Å². The molecule has 0 aromatic heterocycles. The van der Waals surface area contributed by atoms with E-state index < -0.39 is 5.97 Å². The van der Waals surface area contributed by atoms with E-state index in [2.05, 4.69) is 0 Å². The van der Waals surface area contributed by atoms with Gasteiger partial charge < -0.3 is 9.84 Å². The molecule has 0 fully saturated rings. The quantitative estimate of drug-likeness (QED) is 0.647. The average molecular weight is 255 g/mol. The predicted molar refractivity (Wildman–Crippen MR) is 67.8 cm³/mol. The number of aryl methyl sites for hydroxylation is 2.